The summed E-state index contributed by atoms with van der Waals surface area (Å²) in [5.74, 6) is 0.972. The van der Waals surface area contributed by atoms with Crippen LogP contribution in [0.5, 0.6) is 5.75 Å². The molecule has 1 fully saturated rings. The van der Waals surface area contributed by atoms with Gasteiger partial charge in [-0.15, -0.1) is 0 Å². The first kappa shape index (κ1) is 16.3. The molecule has 0 spiro atoms. The highest BCUT2D eigenvalue weighted by Crippen LogP contribution is 2.27. The van der Waals surface area contributed by atoms with Gasteiger partial charge in [0.15, 0.2) is 0 Å². The molecule has 2 aliphatic rings. The number of hydrogen-bond acceptors (Lipinski definition) is 4. The zero-order valence-electron chi connectivity index (χ0n) is 13.6. The third kappa shape index (κ3) is 4.24. The van der Waals surface area contributed by atoms with E-state index >= 15 is 0 Å². The van der Waals surface area contributed by atoms with Gasteiger partial charge >= 0.3 is 0 Å². The van der Waals surface area contributed by atoms with Crippen LogP contribution in [0.4, 0.5) is 5.69 Å². The van der Waals surface area contributed by atoms with E-state index in [2.05, 4.69) is 10.2 Å². The van der Waals surface area contributed by atoms with Gasteiger partial charge in [0.05, 0.1) is 0 Å². The van der Waals surface area contributed by atoms with E-state index in [9.17, 15) is 4.79 Å². The Morgan fingerprint density at radius 2 is 2.26 bits per heavy atom. The highest BCUT2D eigenvalue weighted by Gasteiger charge is 2.23. The number of carbonyl (C=O) groups is 1. The van der Waals surface area contributed by atoms with Gasteiger partial charge in [0.1, 0.15) is 12.4 Å². The quantitative estimate of drug-likeness (QED) is 0.809. The second kappa shape index (κ2) is 7.79. The Kier molecular flexibility index (Phi) is 5.51. The van der Waals surface area contributed by atoms with E-state index in [1.165, 1.54) is 12.8 Å². The molecule has 2 aliphatic heterocycles. The lowest BCUT2D eigenvalue weighted by atomic mass is 10.0. The number of carbonyl (C=O) groups excluding carboxylic acids is 1. The first-order chi connectivity index (χ1) is 11.3. The number of fused-ring (bicyclic) bond motifs is 1. The van der Waals surface area contributed by atoms with Gasteiger partial charge in [-0.05, 0) is 62.4 Å². The second-order valence-electron chi connectivity index (χ2n) is 6.41. The maximum Gasteiger partial charge on any atom is 0.224 e. The molecule has 3 rings (SSSR count). The molecule has 1 amide bonds. The van der Waals surface area contributed by atoms with Gasteiger partial charge in [-0.25, -0.2) is 0 Å². The Balaban J connectivity index is 1.48. The molecule has 0 aromatic heterocycles. The van der Waals surface area contributed by atoms with E-state index in [0.717, 1.165) is 49.4 Å². The molecular formula is C18H26N2O3. The van der Waals surface area contributed by atoms with E-state index in [-0.39, 0.29) is 12.5 Å². The van der Waals surface area contributed by atoms with Crippen LogP contribution in [0.15, 0.2) is 18.2 Å². The molecule has 0 bridgehead atoms. The van der Waals surface area contributed by atoms with Crippen molar-refractivity contribution in [1.82, 2.24) is 4.90 Å². The standard InChI is InChI=1S/C18H26N2O3/c21-11-2-4-15-3-1-9-20(15)10-12-23-16-6-7-17-14(13-16)5-8-18(22)19-17/h6-7,13,15,21H,1-5,8-12H2,(H,19,22). The fourth-order valence-electron chi connectivity index (χ4n) is 3.57. The number of nitrogens with zero attached hydrogens (tertiary/aromatic N) is 1. The molecule has 1 saturated heterocycles. The van der Waals surface area contributed by atoms with Crippen LogP contribution in [0.3, 0.4) is 0 Å². The van der Waals surface area contributed by atoms with Crippen molar-refractivity contribution in [2.24, 2.45) is 0 Å². The summed E-state index contributed by atoms with van der Waals surface area (Å²) in [7, 11) is 0. The lowest BCUT2D eigenvalue weighted by Crippen LogP contribution is -2.33. The zero-order chi connectivity index (χ0) is 16.1. The van der Waals surface area contributed by atoms with Crippen LogP contribution in [0, 0.1) is 0 Å². The van der Waals surface area contributed by atoms with E-state index in [1.807, 2.05) is 18.2 Å². The summed E-state index contributed by atoms with van der Waals surface area (Å²) < 4.78 is 5.91. The molecule has 5 nitrogen and oxygen atoms in total. The number of aryl methyl sites for hydroxylation is 1. The van der Waals surface area contributed by atoms with Crippen molar-refractivity contribution < 1.29 is 14.6 Å². The molecule has 1 atom stereocenters. The van der Waals surface area contributed by atoms with Gasteiger partial charge < -0.3 is 15.2 Å². The van der Waals surface area contributed by atoms with Crippen molar-refractivity contribution in [2.75, 3.05) is 31.6 Å². The Bertz CT molecular complexity index is 547. The second-order valence-corrected chi connectivity index (χ2v) is 6.41. The SMILES string of the molecule is O=C1CCc2cc(OCCN3CCCC3CCCO)ccc2N1. The molecule has 1 unspecified atom stereocenters. The zero-order valence-corrected chi connectivity index (χ0v) is 13.6. The first-order valence-electron chi connectivity index (χ1n) is 8.67. The van der Waals surface area contributed by atoms with Crippen LogP contribution in [0.25, 0.3) is 0 Å². The monoisotopic (exact) mass is 318 g/mol. The molecule has 126 valence electrons. The van der Waals surface area contributed by atoms with Crippen LogP contribution in [0.1, 0.15) is 37.7 Å². The summed E-state index contributed by atoms with van der Waals surface area (Å²) in [6, 6.07) is 6.51. The van der Waals surface area contributed by atoms with Gasteiger partial charge in [0.2, 0.25) is 5.91 Å². The summed E-state index contributed by atoms with van der Waals surface area (Å²) in [5, 5.41) is 11.9. The highest BCUT2D eigenvalue weighted by molar-refractivity contribution is 5.93. The maximum absolute atomic E-state index is 11.4. The summed E-state index contributed by atoms with van der Waals surface area (Å²) in [6.07, 6.45) is 5.78. The largest absolute Gasteiger partial charge is 0.492 e. The van der Waals surface area contributed by atoms with Crippen molar-refractivity contribution in [3.63, 3.8) is 0 Å². The first-order valence-corrected chi connectivity index (χ1v) is 8.67. The van der Waals surface area contributed by atoms with Gasteiger partial charge in [0.25, 0.3) is 0 Å². The van der Waals surface area contributed by atoms with E-state index in [4.69, 9.17) is 9.84 Å². The topological polar surface area (TPSA) is 61.8 Å². The number of anilines is 1. The molecule has 1 aromatic carbocycles. The average molecular weight is 318 g/mol. The van der Waals surface area contributed by atoms with Crippen molar-refractivity contribution in [2.45, 2.75) is 44.6 Å². The molecule has 0 saturated carbocycles. The minimum absolute atomic E-state index is 0.0918. The van der Waals surface area contributed by atoms with Gasteiger partial charge in [-0.2, -0.15) is 0 Å². The van der Waals surface area contributed by atoms with Crippen LogP contribution in [-0.4, -0.2) is 48.3 Å². The van der Waals surface area contributed by atoms with Crippen molar-refractivity contribution >= 4 is 11.6 Å². The van der Waals surface area contributed by atoms with Crippen LogP contribution >= 0.6 is 0 Å². The molecule has 0 radical (unpaired) electrons. The molecular weight excluding hydrogens is 292 g/mol. The van der Waals surface area contributed by atoms with E-state index < -0.39 is 0 Å². The fourth-order valence-corrected chi connectivity index (χ4v) is 3.57. The predicted octanol–water partition coefficient (Wildman–Crippen LogP) is 2.19. The Morgan fingerprint density at radius 1 is 1.35 bits per heavy atom. The summed E-state index contributed by atoms with van der Waals surface area (Å²) >= 11 is 0. The van der Waals surface area contributed by atoms with Crippen LogP contribution in [-0.2, 0) is 11.2 Å². The fraction of sp³-hybridized carbons (Fsp3) is 0.611. The van der Waals surface area contributed by atoms with Gasteiger partial charge in [-0.1, -0.05) is 0 Å². The molecule has 23 heavy (non-hydrogen) atoms. The van der Waals surface area contributed by atoms with Crippen molar-refractivity contribution in [3.05, 3.63) is 23.8 Å². The van der Waals surface area contributed by atoms with Crippen LogP contribution in [0.2, 0.25) is 0 Å². The van der Waals surface area contributed by atoms with Crippen molar-refractivity contribution in [1.29, 1.82) is 0 Å². The Hall–Kier alpha value is -1.59. The lowest BCUT2D eigenvalue weighted by molar-refractivity contribution is -0.116. The minimum Gasteiger partial charge on any atom is -0.492 e. The third-order valence-electron chi connectivity index (χ3n) is 4.81. The highest BCUT2D eigenvalue weighted by atomic mass is 16.5. The molecule has 2 heterocycles. The number of rotatable bonds is 7. The van der Waals surface area contributed by atoms with Crippen molar-refractivity contribution in [3.8, 4) is 5.75 Å². The number of aliphatic hydroxyl groups excluding tert-OH is 1. The number of hydrogen-bond donors (Lipinski definition) is 2. The summed E-state index contributed by atoms with van der Waals surface area (Å²) in [4.78, 5) is 13.9. The normalized spacial score (nSPS) is 21.1. The molecule has 2 N–H and O–H groups in total. The van der Waals surface area contributed by atoms with Gasteiger partial charge in [0, 0.05) is 31.3 Å². The van der Waals surface area contributed by atoms with Gasteiger partial charge in [-0.3, -0.25) is 9.69 Å². The number of nitrogens with one attached hydrogen (secondary N) is 1. The van der Waals surface area contributed by atoms with E-state index in [0.29, 0.717) is 19.1 Å². The number of amides is 1. The Labute approximate surface area is 137 Å². The number of aliphatic hydroxyl groups is 1. The minimum atomic E-state index is 0.0918. The molecule has 1 aromatic rings. The third-order valence-corrected chi connectivity index (χ3v) is 4.81. The molecule has 5 heteroatoms. The Morgan fingerprint density at radius 3 is 3.13 bits per heavy atom. The number of benzene rings is 1. The average Bonchev–Trinajstić information content (AvgIpc) is 3.00. The van der Waals surface area contributed by atoms with E-state index in [1.54, 1.807) is 0 Å². The number of likely N-dealkylation sites (tertiary alicyclic amines) is 1. The van der Waals surface area contributed by atoms with Crippen LogP contribution < -0.4 is 10.1 Å². The molecule has 0 aliphatic carbocycles. The number of ether oxygens (including phenoxy) is 1. The summed E-state index contributed by atoms with van der Waals surface area (Å²) in [5.41, 5.74) is 2.07. The smallest absolute Gasteiger partial charge is 0.224 e. The lowest BCUT2D eigenvalue weighted by Gasteiger charge is -2.24. The predicted molar refractivity (Wildman–Crippen MR) is 89.8 cm³/mol. The summed E-state index contributed by atoms with van der Waals surface area (Å²) in [6.45, 7) is 3.03. The maximum atomic E-state index is 11.4.